The average molecular weight is 302 g/mol. The maximum absolute atomic E-state index is 5.18. The third kappa shape index (κ3) is 2.96. The lowest BCUT2D eigenvalue weighted by atomic mass is 10.2. The monoisotopic (exact) mass is 302 g/mol. The Balaban J connectivity index is 1.74. The van der Waals surface area contributed by atoms with Crippen LogP contribution in [0.3, 0.4) is 0 Å². The standard InChI is InChI=1S/C17H26N4O/c1-13(2)19(4)11-16-9-18-17-14(3)20(6-7-21(16)17)10-15-5-8-22-12-15/h5,8-9,12-14H,6-7,10-11H2,1-4H3. The molecule has 1 atom stereocenters. The summed E-state index contributed by atoms with van der Waals surface area (Å²) in [6, 6.07) is 2.92. The molecule has 3 rings (SSSR count). The minimum absolute atomic E-state index is 0.335. The lowest BCUT2D eigenvalue weighted by Gasteiger charge is -2.34. The number of nitrogens with zero attached hydrogens (tertiary/aromatic N) is 4. The van der Waals surface area contributed by atoms with Crippen molar-refractivity contribution in [3.8, 4) is 0 Å². The molecule has 0 N–H and O–H groups in total. The molecule has 1 unspecified atom stereocenters. The predicted molar refractivity (Wildman–Crippen MR) is 86.4 cm³/mol. The Bertz CT molecular complexity index is 602. The summed E-state index contributed by atoms with van der Waals surface area (Å²) in [5, 5.41) is 0. The maximum Gasteiger partial charge on any atom is 0.126 e. The zero-order chi connectivity index (χ0) is 15.7. The highest BCUT2D eigenvalue weighted by molar-refractivity contribution is 5.13. The lowest BCUT2D eigenvalue weighted by molar-refractivity contribution is 0.152. The third-order valence-electron chi connectivity index (χ3n) is 4.76. The summed E-state index contributed by atoms with van der Waals surface area (Å²) in [6.45, 7) is 10.6. The van der Waals surface area contributed by atoms with Crippen LogP contribution in [0.15, 0.2) is 29.2 Å². The highest BCUT2D eigenvalue weighted by atomic mass is 16.3. The Morgan fingerprint density at radius 3 is 2.91 bits per heavy atom. The topological polar surface area (TPSA) is 37.4 Å². The van der Waals surface area contributed by atoms with Gasteiger partial charge >= 0.3 is 0 Å². The van der Waals surface area contributed by atoms with Crippen LogP contribution in [0.5, 0.6) is 0 Å². The smallest absolute Gasteiger partial charge is 0.126 e. The summed E-state index contributed by atoms with van der Waals surface area (Å²) in [7, 11) is 2.17. The van der Waals surface area contributed by atoms with Crippen molar-refractivity contribution in [2.75, 3.05) is 13.6 Å². The van der Waals surface area contributed by atoms with Crippen molar-refractivity contribution < 1.29 is 4.42 Å². The van der Waals surface area contributed by atoms with Gasteiger partial charge in [0.2, 0.25) is 0 Å². The first kappa shape index (κ1) is 15.3. The molecule has 0 amide bonds. The van der Waals surface area contributed by atoms with Gasteiger partial charge in [-0.15, -0.1) is 0 Å². The summed E-state index contributed by atoms with van der Waals surface area (Å²) in [4.78, 5) is 9.52. The Morgan fingerprint density at radius 1 is 1.41 bits per heavy atom. The fraction of sp³-hybridized carbons (Fsp3) is 0.588. The number of furan rings is 1. The number of hydrogen-bond donors (Lipinski definition) is 0. The highest BCUT2D eigenvalue weighted by Gasteiger charge is 2.27. The normalized spacial score (nSPS) is 19.1. The molecular weight excluding hydrogens is 276 g/mol. The molecule has 0 saturated carbocycles. The van der Waals surface area contributed by atoms with Gasteiger partial charge in [0.15, 0.2) is 0 Å². The number of aromatic nitrogens is 2. The summed E-state index contributed by atoms with van der Waals surface area (Å²) in [6.07, 6.45) is 5.62. The number of rotatable bonds is 5. The van der Waals surface area contributed by atoms with Crippen LogP contribution in [0.2, 0.25) is 0 Å². The van der Waals surface area contributed by atoms with Gasteiger partial charge in [-0.25, -0.2) is 4.98 Å². The number of imidazole rings is 1. The van der Waals surface area contributed by atoms with Crippen LogP contribution < -0.4 is 0 Å². The van der Waals surface area contributed by atoms with Gasteiger partial charge in [0.25, 0.3) is 0 Å². The molecule has 0 bridgehead atoms. The van der Waals surface area contributed by atoms with E-state index in [1.807, 2.05) is 18.5 Å². The first-order valence-corrected chi connectivity index (χ1v) is 8.06. The van der Waals surface area contributed by atoms with Gasteiger partial charge in [0.1, 0.15) is 5.82 Å². The molecule has 0 fully saturated rings. The van der Waals surface area contributed by atoms with E-state index in [1.54, 1.807) is 6.26 Å². The molecule has 0 aromatic carbocycles. The van der Waals surface area contributed by atoms with Crippen molar-refractivity contribution >= 4 is 0 Å². The van der Waals surface area contributed by atoms with Crippen molar-refractivity contribution in [2.24, 2.45) is 0 Å². The summed E-state index contributed by atoms with van der Waals surface area (Å²) in [5.74, 6) is 1.18. The first-order chi connectivity index (χ1) is 10.6. The molecule has 2 aromatic rings. The van der Waals surface area contributed by atoms with Crippen LogP contribution in [-0.4, -0.2) is 39.0 Å². The zero-order valence-corrected chi connectivity index (χ0v) is 14.0. The van der Waals surface area contributed by atoms with E-state index in [0.717, 1.165) is 26.2 Å². The van der Waals surface area contributed by atoms with Crippen LogP contribution in [-0.2, 0) is 19.6 Å². The van der Waals surface area contributed by atoms with Gasteiger partial charge in [-0.3, -0.25) is 9.80 Å². The van der Waals surface area contributed by atoms with Crippen molar-refractivity contribution in [1.29, 1.82) is 0 Å². The molecule has 0 aliphatic carbocycles. The molecule has 0 saturated heterocycles. The Morgan fingerprint density at radius 2 is 2.23 bits per heavy atom. The molecule has 3 heterocycles. The van der Waals surface area contributed by atoms with Crippen molar-refractivity contribution in [3.63, 3.8) is 0 Å². The van der Waals surface area contributed by atoms with E-state index in [-0.39, 0.29) is 0 Å². The van der Waals surface area contributed by atoms with Crippen LogP contribution in [0.25, 0.3) is 0 Å². The van der Waals surface area contributed by atoms with Gasteiger partial charge in [0.05, 0.1) is 24.3 Å². The molecule has 0 radical (unpaired) electrons. The quantitative estimate of drug-likeness (QED) is 0.851. The minimum Gasteiger partial charge on any atom is -0.472 e. The molecule has 120 valence electrons. The SMILES string of the molecule is CC(C)N(C)Cc1cnc2n1CCN(Cc1ccoc1)C2C. The van der Waals surface area contributed by atoms with Gasteiger partial charge in [-0.2, -0.15) is 0 Å². The number of fused-ring (bicyclic) bond motifs is 1. The van der Waals surface area contributed by atoms with Crippen molar-refractivity contribution in [2.45, 2.75) is 52.5 Å². The van der Waals surface area contributed by atoms with E-state index in [4.69, 9.17) is 9.40 Å². The maximum atomic E-state index is 5.18. The van der Waals surface area contributed by atoms with Crippen LogP contribution in [0.1, 0.15) is 43.9 Å². The second-order valence-corrected chi connectivity index (χ2v) is 6.55. The highest BCUT2D eigenvalue weighted by Crippen LogP contribution is 2.27. The minimum atomic E-state index is 0.335. The van der Waals surface area contributed by atoms with E-state index in [2.05, 4.69) is 42.2 Å². The van der Waals surface area contributed by atoms with Gasteiger partial charge in [-0.1, -0.05) is 0 Å². The van der Waals surface area contributed by atoms with Crippen LogP contribution >= 0.6 is 0 Å². The molecule has 2 aromatic heterocycles. The van der Waals surface area contributed by atoms with E-state index >= 15 is 0 Å². The van der Waals surface area contributed by atoms with Gasteiger partial charge < -0.3 is 8.98 Å². The van der Waals surface area contributed by atoms with Crippen LogP contribution in [0, 0.1) is 0 Å². The molecule has 5 nitrogen and oxygen atoms in total. The van der Waals surface area contributed by atoms with E-state index < -0.39 is 0 Å². The predicted octanol–water partition coefficient (Wildman–Crippen LogP) is 2.89. The third-order valence-corrected chi connectivity index (χ3v) is 4.76. The van der Waals surface area contributed by atoms with E-state index in [9.17, 15) is 0 Å². The number of hydrogen-bond acceptors (Lipinski definition) is 4. The van der Waals surface area contributed by atoms with Gasteiger partial charge in [0, 0.05) is 44.0 Å². The summed E-state index contributed by atoms with van der Waals surface area (Å²) >= 11 is 0. The molecule has 22 heavy (non-hydrogen) atoms. The zero-order valence-electron chi connectivity index (χ0n) is 14.0. The summed E-state index contributed by atoms with van der Waals surface area (Å²) < 4.78 is 7.58. The van der Waals surface area contributed by atoms with Crippen LogP contribution in [0.4, 0.5) is 0 Å². The Labute approximate surface area is 132 Å². The molecule has 5 heteroatoms. The van der Waals surface area contributed by atoms with Crippen molar-refractivity contribution in [3.05, 3.63) is 41.9 Å². The van der Waals surface area contributed by atoms with E-state index in [0.29, 0.717) is 12.1 Å². The molecule has 1 aliphatic heterocycles. The fourth-order valence-electron chi connectivity index (χ4n) is 3.00. The Kier molecular flexibility index (Phi) is 4.36. The fourth-order valence-corrected chi connectivity index (χ4v) is 3.00. The lowest BCUT2D eigenvalue weighted by Crippen LogP contribution is -2.37. The van der Waals surface area contributed by atoms with Crippen molar-refractivity contribution in [1.82, 2.24) is 19.4 Å². The molecular formula is C17H26N4O. The second kappa shape index (κ2) is 6.26. The largest absolute Gasteiger partial charge is 0.472 e. The molecule has 1 aliphatic rings. The van der Waals surface area contributed by atoms with E-state index in [1.165, 1.54) is 17.1 Å². The average Bonchev–Trinajstić information content (AvgIpc) is 3.12. The molecule has 0 spiro atoms. The second-order valence-electron chi connectivity index (χ2n) is 6.55. The summed E-state index contributed by atoms with van der Waals surface area (Å²) in [5.41, 5.74) is 2.55. The first-order valence-electron chi connectivity index (χ1n) is 8.06. The van der Waals surface area contributed by atoms with Gasteiger partial charge in [-0.05, 0) is 33.9 Å². The Hall–Kier alpha value is -1.59.